The molecule has 2 aromatic heterocycles. The number of halogens is 1. The summed E-state index contributed by atoms with van der Waals surface area (Å²) in [7, 11) is 1.60. The molecule has 0 aliphatic carbocycles. The highest BCUT2D eigenvalue weighted by molar-refractivity contribution is 7.10. The zero-order valence-electron chi connectivity index (χ0n) is 12.4. The number of pyridine rings is 1. The summed E-state index contributed by atoms with van der Waals surface area (Å²) in [6.45, 7) is 0.109. The summed E-state index contributed by atoms with van der Waals surface area (Å²) in [6, 6.07) is 11.3. The van der Waals surface area contributed by atoms with Gasteiger partial charge in [-0.3, -0.25) is 4.79 Å². The molecule has 0 bridgehead atoms. The number of thiophene rings is 1. The predicted molar refractivity (Wildman–Crippen MR) is 91.1 cm³/mol. The number of hydrogen-bond acceptors (Lipinski definition) is 5. The summed E-state index contributed by atoms with van der Waals surface area (Å²) in [5, 5.41) is 3.18. The maximum absolute atomic E-state index is 11.8. The van der Waals surface area contributed by atoms with Crippen LogP contribution in [0.2, 0.25) is 5.15 Å². The van der Waals surface area contributed by atoms with E-state index in [0.717, 1.165) is 21.5 Å². The molecular formula is C17H14ClNO3S. The van der Waals surface area contributed by atoms with Gasteiger partial charge in [-0.1, -0.05) is 17.7 Å². The summed E-state index contributed by atoms with van der Waals surface area (Å²) in [4.78, 5) is 17.2. The van der Waals surface area contributed by atoms with E-state index in [2.05, 4.69) is 4.98 Å². The molecular weight excluding hydrogens is 334 g/mol. The van der Waals surface area contributed by atoms with Crippen molar-refractivity contribution in [2.45, 2.75) is 13.0 Å². The van der Waals surface area contributed by atoms with Crippen molar-refractivity contribution in [2.24, 2.45) is 0 Å². The molecule has 1 aromatic carbocycles. The maximum atomic E-state index is 11.8. The molecule has 0 aliphatic heterocycles. The molecule has 0 radical (unpaired) electrons. The van der Waals surface area contributed by atoms with Gasteiger partial charge in [-0.25, -0.2) is 4.98 Å². The first-order chi connectivity index (χ1) is 11.2. The fourth-order valence-corrected chi connectivity index (χ4v) is 3.05. The number of carbonyl (C=O) groups is 1. The third-order valence-electron chi connectivity index (χ3n) is 3.34. The highest BCUT2D eigenvalue weighted by Gasteiger charge is 2.10. The molecule has 23 heavy (non-hydrogen) atoms. The number of fused-ring (bicyclic) bond motifs is 1. The van der Waals surface area contributed by atoms with E-state index in [1.807, 2.05) is 41.8 Å². The summed E-state index contributed by atoms with van der Waals surface area (Å²) in [5.41, 5.74) is 1.42. The topological polar surface area (TPSA) is 48.4 Å². The second-order valence-corrected chi connectivity index (χ2v) is 6.30. The van der Waals surface area contributed by atoms with Crippen LogP contribution in [0.5, 0.6) is 5.75 Å². The summed E-state index contributed by atoms with van der Waals surface area (Å²) >= 11 is 7.71. The lowest BCUT2D eigenvalue weighted by molar-refractivity contribution is -0.144. The first kappa shape index (κ1) is 15.8. The van der Waals surface area contributed by atoms with Crippen LogP contribution < -0.4 is 4.74 Å². The van der Waals surface area contributed by atoms with Gasteiger partial charge in [-0.2, -0.15) is 0 Å². The Bertz CT molecular complexity index is 833. The third-order valence-corrected chi connectivity index (χ3v) is 4.54. The SMILES string of the molecule is COc1ccc2cc(COC(=O)Cc3cccs3)c(Cl)nc2c1. The van der Waals surface area contributed by atoms with Crippen molar-refractivity contribution in [2.75, 3.05) is 7.11 Å². The van der Waals surface area contributed by atoms with Gasteiger partial charge in [0.05, 0.1) is 19.0 Å². The average molecular weight is 348 g/mol. The smallest absolute Gasteiger partial charge is 0.311 e. The van der Waals surface area contributed by atoms with E-state index >= 15 is 0 Å². The van der Waals surface area contributed by atoms with Crippen molar-refractivity contribution in [3.05, 3.63) is 57.4 Å². The lowest BCUT2D eigenvalue weighted by Gasteiger charge is -2.08. The molecule has 118 valence electrons. The van der Waals surface area contributed by atoms with Crippen molar-refractivity contribution in [1.29, 1.82) is 0 Å². The molecule has 0 fully saturated rings. The number of carbonyl (C=O) groups excluding carboxylic acids is 1. The fourth-order valence-electron chi connectivity index (χ4n) is 2.16. The molecule has 0 saturated heterocycles. The van der Waals surface area contributed by atoms with Crippen molar-refractivity contribution in [3.8, 4) is 5.75 Å². The van der Waals surface area contributed by atoms with Crippen LogP contribution in [0.4, 0.5) is 0 Å². The average Bonchev–Trinajstić information content (AvgIpc) is 3.05. The Morgan fingerprint density at radius 3 is 2.91 bits per heavy atom. The number of aromatic nitrogens is 1. The van der Waals surface area contributed by atoms with Crippen molar-refractivity contribution >= 4 is 39.8 Å². The van der Waals surface area contributed by atoms with Crippen LogP contribution in [0.3, 0.4) is 0 Å². The molecule has 4 nitrogen and oxygen atoms in total. The number of nitrogens with zero attached hydrogens (tertiary/aromatic N) is 1. The first-order valence-electron chi connectivity index (χ1n) is 6.97. The summed E-state index contributed by atoms with van der Waals surface area (Å²) in [6.07, 6.45) is 0.271. The number of benzene rings is 1. The number of methoxy groups -OCH3 is 1. The molecule has 0 saturated carbocycles. The van der Waals surface area contributed by atoms with Gasteiger partial charge in [0, 0.05) is 21.9 Å². The van der Waals surface area contributed by atoms with Gasteiger partial charge < -0.3 is 9.47 Å². The van der Waals surface area contributed by atoms with Gasteiger partial charge in [0.1, 0.15) is 17.5 Å². The Morgan fingerprint density at radius 2 is 2.17 bits per heavy atom. The highest BCUT2D eigenvalue weighted by atomic mass is 35.5. The van der Waals surface area contributed by atoms with Crippen LogP contribution in [-0.4, -0.2) is 18.1 Å². The predicted octanol–water partition coefficient (Wildman–Crippen LogP) is 4.24. The minimum Gasteiger partial charge on any atom is -0.497 e. The normalized spacial score (nSPS) is 10.7. The quantitative estimate of drug-likeness (QED) is 0.511. The highest BCUT2D eigenvalue weighted by Crippen LogP contribution is 2.24. The molecule has 0 N–H and O–H groups in total. The van der Waals surface area contributed by atoms with Crippen LogP contribution in [0, 0.1) is 0 Å². The number of hydrogen-bond donors (Lipinski definition) is 0. The van der Waals surface area contributed by atoms with Crippen molar-refractivity contribution < 1.29 is 14.3 Å². The van der Waals surface area contributed by atoms with Gasteiger partial charge in [-0.15, -0.1) is 11.3 Å². The van der Waals surface area contributed by atoms with Gasteiger partial charge >= 0.3 is 5.97 Å². The number of esters is 1. The van der Waals surface area contributed by atoms with E-state index in [0.29, 0.717) is 10.7 Å². The van der Waals surface area contributed by atoms with Crippen molar-refractivity contribution in [1.82, 2.24) is 4.98 Å². The molecule has 0 aliphatic rings. The van der Waals surface area contributed by atoms with Gasteiger partial charge in [0.25, 0.3) is 0 Å². The monoisotopic (exact) mass is 347 g/mol. The Hall–Kier alpha value is -2.11. The number of rotatable bonds is 5. The van der Waals surface area contributed by atoms with E-state index < -0.39 is 0 Å². The second kappa shape index (κ2) is 6.98. The Balaban J connectivity index is 1.72. The van der Waals surface area contributed by atoms with Crippen molar-refractivity contribution in [3.63, 3.8) is 0 Å². The fraction of sp³-hybridized carbons (Fsp3) is 0.176. The molecule has 0 atom stereocenters. The first-order valence-corrected chi connectivity index (χ1v) is 8.22. The van der Waals surface area contributed by atoms with E-state index in [4.69, 9.17) is 21.1 Å². The molecule has 0 spiro atoms. The molecule has 6 heteroatoms. The Labute approximate surface area is 142 Å². The van der Waals surface area contributed by atoms with Crippen LogP contribution in [0.15, 0.2) is 41.8 Å². The van der Waals surface area contributed by atoms with Crippen LogP contribution in [0.25, 0.3) is 10.9 Å². The minimum absolute atomic E-state index is 0.109. The van der Waals surface area contributed by atoms with E-state index in [1.54, 1.807) is 7.11 Å². The molecule has 0 unspecified atom stereocenters. The lowest BCUT2D eigenvalue weighted by atomic mass is 10.1. The molecule has 0 amide bonds. The summed E-state index contributed by atoms with van der Waals surface area (Å²) in [5.74, 6) is 0.439. The van der Waals surface area contributed by atoms with E-state index in [1.165, 1.54) is 11.3 Å². The van der Waals surface area contributed by atoms with Gasteiger partial charge in [0.2, 0.25) is 0 Å². The Morgan fingerprint density at radius 1 is 1.30 bits per heavy atom. The third kappa shape index (κ3) is 3.81. The lowest BCUT2D eigenvalue weighted by Crippen LogP contribution is -2.07. The van der Waals surface area contributed by atoms with Gasteiger partial charge in [-0.05, 0) is 29.6 Å². The standard InChI is InChI=1S/C17H14ClNO3S/c1-21-13-5-4-11-7-12(17(18)19-15(11)8-13)10-22-16(20)9-14-3-2-6-23-14/h2-8H,9-10H2,1H3. The van der Waals surface area contributed by atoms with Crippen LogP contribution >= 0.6 is 22.9 Å². The largest absolute Gasteiger partial charge is 0.497 e. The second-order valence-electron chi connectivity index (χ2n) is 4.91. The van der Waals surface area contributed by atoms with E-state index in [9.17, 15) is 4.79 Å². The minimum atomic E-state index is -0.279. The number of ether oxygens (including phenoxy) is 2. The van der Waals surface area contributed by atoms with Gasteiger partial charge in [0.15, 0.2) is 0 Å². The molecule has 2 heterocycles. The molecule has 3 rings (SSSR count). The van der Waals surface area contributed by atoms with Crippen LogP contribution in [-0.2, 0) is 22.6 Å². The maximum Gasteiger partial charge on any atom is 0.311 e. The summed E-state index contributed by atoms with van der Waals surface area (Å²) < 4.78 is 10.5. The zero-order chi connectivity index (χ0) is 16.2. The van der Waals surface area contributed by atoms with E-state index in [-0.39, 0.29) is 19.0 Å². The molecule has 3 aromatic rings. The van der Waals surface area contributed by atoms with Crippen LogP contribution in [0.1, 0.15) is 10.4 Å². The Kier molecular flexibility index (Phi) is 4.79. The zero-order valence-corrected chi connectivity index (χ0v) is 14.0.